The second-order valence-corrected chi connectivity index (χ2v) is 12.4. The minimum Gasteiger partial charge on any atom is -0.393 e. The summed E-state index contributed by atoms with van der Waals surface area (Å²) in [6, 6.07) is 0. The Labute approximate surface area is 186 Å². The lowest BCUT2D eigenvalue weighted by molar-refractivity contribution is -0.0540. The molecule has 0 aromatic carbocycles. The first-order chi connectivity index (χ1) is 14.2. The molecule has 0 aliphatic heterocycles. The van der Waals surface area contributed by atoms with Gasteiger partial charge in [0.25, 0.3) is 0 Å². The predicted molar refractivity (Wildman–Crippen MR) is 128 cm³/mol. The second-order valence-electron chi connectivity index (χ2n) is 12.4. The third kappa shape index (κ3) is 3.66. The van der Waals surface area contributed by atoms with Crippen molar-refractivity contribution in [1.82, 2.24) is 0 Å². The fraction of sp³-hybridized carbons (Fsp3) is 0.862. The maximum Gasteiger partial charge on any atom is 0.0577 e. The van der Waals surface area contributed by atoms with Crippen molar-refractivity contribution in [3.63, 3.8) is 0 Å². The third-order valence-corrected chi connectivity index (χ3v) is 10.8. The molecule has 30 heavy (non-hydrogen) atoms. The van der Waals surface area contributed by atoms with Crippen LogP contribution in [0.4, 0.5) is 0 Å². The monoisotopic (exact) mass is 412 g/mol. The number of aliphatic hydroxyl groups excluding tert-OH is 1. The zero-order chi connectivity index (χ0) is 21.7. The van der Waals surface area contributed by atoms with Gasteiger partial charge in [-0.25, -0.2) is 0 Å². The molecule has 170 valence electrons. The lowest BCUT2D eigenvalue weighted by atomic mass is 9.47. The summed E-state index contributed by atoms with van der Waals surface area (Å²) in [7, 11) is 0. The molecule has 3 fully saturated rings. The van der Waals surface area contributed by atoms with Crippen LogP contribution in [0, 0.1) is 52.3 Å². The van der Waals surface area contributed by atoms with Gasteiger partial charge in [0.2, 0.25) is 0 Å². The van der Waals surface area contributed by atoms with Gasteiger partial charge in [0.1, 0.15) is 0 Å². The first-order valence-electron chi connectivity index (χ1n) is 13.3. The van der Waals surface area contributed by atoms with Crippen molar-refractivity contribution in [3.8, 4) is 0 Å². The molecule has 1 nitrogen and oxygen atoms in total. The minimum atomic E-state index is -0.0870. The Balaban J connectivity index is 1.52. The molecule has 4 aliphatic carbocycles. The molecular weight excluding hydrogens is 364 g/mol. The van der Waals surface area contributed by atoms with Crippen LogP contribution in [0.1, 0.15) is 99.3 Å². The standard InChI is InChI=1S/C29H48O/c1-7-21(19(2)3)9-8-20(4)25-12-13-26-24-11-10-22-18-23(30)14-16-28(22,5)27(24)15-17-29(25,26)6/h8-10,19-21,23-27,30H,7,11-18H2,1-6H3/b9-8+/t20-,21+,23+,24-,25-,26-,27-,28+,29-/m1/s1. The van der Waals surface area contributed by atoms with E-state index in [1.54, 1.807) is 5.57 Å². The van der Waals surface area contributed by atoms with Crippen LogP contribution >= 0.6 is 0 Å². The highest BCUT2D eigenvalue weighted by Crippen LogP contribution is 2.67. The van der Waals surface area contributed by atoms with Crippen LogP contribution in [0.25, 0.3) is 0 Å². The number of rotatable bonds is 5. The quantitative estimate of drug-likeness (QED) is 0.457. The van der Waals surface area contributed by atoms with Crippen molar-refractivity contribution in [2.24, 2.45) is 52.3 Å². The highest BCUT2D eigenvalue weighted by molar-refractivity contribution is 5.25. The molecule has 4 rings (SSSR count). The van der Waals surface area contributed by atoms with E-state index < -0.39 is 0 Å². The van der Waals surface area contributed by atoms with Gasteiger partial charge in [-0.2, -0.15) is 0 Å². The fourth-order valence-corrected chi connectivity index (χ4v) is 8.83. The van der Waals surface area contributed by atoms with Gasteiger partial charge in [-0.05, 0) is 110 Å². The van der Waals surface area contributed by atoms with E-state index in [1.807, 2.05) is 0 Å². The average molecular weight is 413 g/mol. The molecule has 0 spiro atoms. The summed E-state index contributed by atoms with van der Waals surface area (Å²) in [4.78, 5) is 0. The first-order valence-corrected chi connectivity index (χ1v) is 13.3. The van der Waals surface area contributed by atoms with Crippen LogP contribution < -0.4 is 0 Å². The summed E-state index contributed by atoms with van der Waals surface area (Å²) in [6.45, 7) is 14.8. The van der Waals surface area contributed by atoms with Gasteiger partial charge in [-0.15, -0.1) is 0 Å². The first kappa shape index (κ1) is 22.6. The van der Waals surface area contributed by atoms with Crippen molar-refractivity contribution >= 4 is 0 Å². The van der Waals surface area contributed by atoms with Crippen molar-refractivity contribution in [1.29, 1.82) is 0 Å². The number of allylic oxidation sites excluding steroid dienone is 3. The zero-order valence-electron chi connectivity index (χ0n) is 20.7. The fourth-order valence-electron chi connectivity index (χ4n) is 8.83. The highest BCUT2D eigenvalue weighted by atomic mass is 16.3. The van der Waals surface area contributed by atoms with Crippen LogP contribution in [0.5, 0.6) is 0 Å². The second kappa shape index (κ2) is 8.42. The summed E-state index contributed by atoms with van der Waals surface area (Å²) in [6.07, 6.45) is 19.1. The molecule has 0 aromatic rings. The van der Waals surface area contributed by atoms with Gasteiger partial charge in [0.15, 0.2) is 0 Å². The van der Waals surface area contributed by atoms with E-state index in [0.29, 0.717) is 16.7 Å². The van der Waals surface area contributed by atoms with E-state index in [4.69, 9.17) is 0 Å². The Morgan fingerprint density at radius 3 is 2.50 bits per heavy atom. The van der Waals surface area contributed by atoms with Crippen molar-refractivity contribution in [2.75, 3.05) is 0 Å². The van der Waals surface area contributed by atoms with Crippen LogP contribution in [-0.4, -0.2) is 11.2 Å². The summed E-state index contributed by atoms with van der Waals surface area (Å²) in [5, 5.41) is 10.2. The van der Waals surface area contributed by atoms with Gasteiger partial charge in [-0.1, -0.05) is 65.3 Å². The summed E-state index contributed by atoms with van der Waals surface area (Å²) in [5.41, 5.74) is 2.51. The SMILES string of the molecule is CC[C@@H](/C=C/[C@@H](C)[C@H]1CC[C@@H]2[C@H]3CC=C4C[C@@H](O)CC[C@]4(C)[C@@H]3CC[C@@]21C)C(C)C. The smallest absolute Gasteiger partial charge is 0.0577 e. The summed E-state index contributed by atoms with van der Waals surface area (Å²) < 4.78 is 0. The lowest BCUT2D eigenvalue weighted by Gasteiger charge is -2.58. The van der Waals surface area contributed by atoms with Crippen LogP contribution in [-0.2, 0) is 0 Å². The Kier molecular flexibility index (Phi) is 6.35. The van der Waals surface area contributed by atoms with E-state index in [0.717, 1.165) is 48.3 Å². The Morgan fingerprint density at radius 1 is 1.03 bits per heavy atom. The molecule has 0 amide bonds. The molecule has 0 radical (unpaired) electrons. The van der Waals surface area contributed by atoms with Crippen molar-refractivity contribution in [3.05, 3.63) is 23.8 Å². The Hall–Kier alpha value is -0.560. The molecule has 0 heterocycles. The molecule has 0 bridgehead atoms. The number of hydrogen-bond donors (Lipinski definition) is 1. The Morgan fingerprint density at radius 2 is 1.80 bits per heavy atom. The van der Waals surface area contributed by atoms with Gasteiger partial charge in [0.05, 0.1) is 6.10 Å². The molecule has 4 aliphatic rings. The maximum atomic E-state index is 10.2. The summed E-state index contributed by atoms with van der Waals surface area (Å²) in [5.74, 6) is 5.70. The van der Waals surface area contributed by atoms with Crippen molar-refractivity contribution < 1.29 is 5.11 Å². The van der Waals surface area contributed by atoms with E-state index in [1.165, 1.54) is 44.9 Å². The summed E-state index contributed by atoms with van der Waals surface area (Å²) >= 11 is 0. The largest absolute Gasteiger partial charge is 0.393 e. The Bertz CT molecular complexity index is 674. The van der Waals surface area contributed by atoms with E-state index in [-0.39, 0.29) is 6.10 Å². The average Bonchev–Trinajstić information content (AvgIpc) is 3.06. The lowest BCUT2D eigenvalue weighted by Crippen LogP contribution is -2.50. The molecule has 0 unspecified atom stereocenters. The zero-order valence-corrected chi connectivity index (χ0v) is 20.7. The van der Waals surface area contributed by atoms with E-state index in [9.17, 15) is 5.11 Å². The van der Waals surface area contributed by atoms with Crippen LogP contribution in [0.2, 0.25) is 0 Å². The number of fused-ring (bicyclic) bond motifs is 5. The van der Waals surface area contributed by atoms with E-state index in [2.05, 4.69) is 59.8 Å². The van der Waals surface area contributed by atoms with E-state index >= 15 is 0 Å². The molecule has 0 aromatic heterocycles. The van der Waals surface area contributed by atoms with Crippen LogP contribution in [0.15, 0.2) is 23.8 Å². The third-order valence-electron chi connectivity index (χ3n) is 10.8. The molecule has 1 heteroatoms. The predicted octanol–water partition coefficient (Wildman–Crippen LogP) is 7.80. The molecule has 3 saturated carbocycles. The number of aliphatic hydroxyl groups is 1. The van der Waals surface area contributed by atoms with Gasteiger partial charge >= 0.3 is 0 Å². The maximum absolute atomic E-state index is 10.2. The minimum absolute atomic E-state index is 0.0870. The molecule has 1 N–H and O–H groups in total. The van der Waals surface area contributed by atoms with Gasteiger partial charge in [0, 0.05) is 0 Å². The van der Waals surface area contributed by atoms with Crippen LogP contribution in [0.3, 0.4) is 0 Å². The normalized spacial score (nSPS) is 45.6. The highest BCUT2D eigenvalue weighted by Gasteiger charge is 2.58. The van der Waals surface area contributed by atoms with Gasteiger partial charge in [-0.3, -0.25) is 0 Å². The molecular formula is C29H48O. The van der Waals surface area contributed by atoms with Gasteiger partial charge < -0.3 is 5.11 Å². The molecule has 9 atom stereocenters. The molecule has 0 saturated heterocycles. The van der Waals surface area contributed by atoms with Crippen molar-refractivity contribution in [2.45, 2.75) is 105 Å². The topological polar surface area (TPSA) is 20.2 Å². The number of hydrogen-bond acceptors (Lipinski definition) is 1.